The molecular weight excluding hydrogens is 350 g/mol. The summed E-state index contributed by atoms with van der Waals surface area (Å²) >= 11 is 0. The minimum Gasteiger partial charge on any atom is -0.481 e. The highest BCUT2D eigenvalue weighted by atomic mass is 16.6. The minimum atomic E-state index is -0.824. The lowest BCUT2D eigenvalue weighted by molar-refractivity contribution is -0.383. The molecule has 142 valence electrons. The van der Waals surface area contributed by atoms with Gasteiger partial charge in [0.25, 0.3) is 0 Å². The molecule has 1 aliphatic heterocycles. The molecule has 0 bridgehead atoms. The van der Waals surface area contributed by atoms with E-state index in [0.29, 0.717) is 32.5 Å². The van der Waals surface area contributed by atoms with E-state index in [-0.39, 0.29) is 17.3 Å². The van der Waals surface area contributed by atoms with Gasteiger partial charge in [0.2, 0.25) is 11.6 Å². The Labute approximate surface area is 156 Å². The molecule has 1 saturated heterocycles. The first-order valence-corrected chi connectivity index (χ1v) is 8.69. The third-order valence-electron chi connectivity index (χ3n) is 4.73. The Kier molecular flexibility index (Phi) is 5.49. The van der Waals surface area contributed by atoms with Crippen LogP contribution in [0.4, 0.5) is 17.3 Å². The summed E-state index contributed by atoms with van der Waals surface area (Å²) in [6.07, 6.45) is 2.19. The zero-order chi connectivity index (χ0) is 19.4. The van der Waals surface area contributed by atoms with Crippen molar-refractivity contribution in [3.05, 3.63) is 52.3 Å². The van der Waals surface area contributed by atoms with Gasteiger partial charge >= 0.3 is 11.7 Å². The number of carboxylic acids is 1. The monoisotopic (exact) mass is 371 g/mol. The summed E-state index contributed by atoms with van der Waals surface area (Å²) in [5.74, 6) is -0.750. The normalized spacial score (nSPS) is 14.8. The molecule has 2 aromatic rings. The van der Waals surface area contributed by atoms with Crippen LogP contribution in [0.1, 0.15) is 18.4 Å². The number of hydrogen-bond acceptors (Lipinski definition) is 7. The fraction of sp³-hybridized carbons (Fsp3) is 0.389. The molecule has 1 aliphatic rings. The summed E-state index contributed by atoms with van der Waals surface area (Å²) < 4.78 is 0. The van der Waals surface area contributed by atoms with E-state index in [9.17, 15) is 14.9 Å². The van der Waals surface area contributed by atoms with Crippen LogP contribution in [-0.4, -0.2) is 46.1 Å². The molecule has 0 saturated carbocycles. The van der Waals surface area contributed by atoms with Crippen molar-refractivity contribution in [3.8, 4) is 0 Å². The lowest BCUT2D eigenvalue weighted by Gasteiger charge is -2.31. The number of hydrogen-bond donors (Lipinski definition) is 1. The molecule has 0 amide bonds. The maximum Gasteiger partial charge on any atom is 0.353 e. The number of nitrogens with zero attached hydrogens (tertiary/aromatic N) is 5. The Morgan fingerprint density at radius 2 is 1.96 bits per heavy atom. The van der Waals surface area contributed by atoms with Crippen molar-refractivity contribution in [2.45, 2.75) is 19.4 Å². The summed E-state index contributed by atoms with van der Waals surface area (Å²) in [5.41, 5.74) is 0.862. The van der Waals surface area contributed by atoms with Crippen molar-refractivity contribution in [2.24, 2.45) is 5.92 Å². The second kappa shape index (κ2) is 7.98. The highest BCUT2D eigenvalue weighted by Gasteiger charge is 2.32. The Morgan fingerprint density at radius 3 is 2.56 bits per heavy atom. The number of carbonyl (C=O) groups is 1. The number of piperidine rings is 1. The van der Waals surface area contributed by atoms with Gasteiger partial charge in [0, 0.05) is 26.7 Å². The second-order valence-corrected chi connectivity index (χ2v) is 6.57. The van der Waals surface area contributed by atoms with Crippen LogP contribution in [0.5, 0.6) is 0 Å². The number of anilines is 2. The molecular formula is C18H21N5O4. The van der Waals surface area contributed by atoms with Crippen molar-refractivity contribution >= 4 is 23.3 Å². The fourth-order valence-corrected chi connectivity index (χ4v) is 3.30. The van der Waals surface area contributed by atoms with Gasteiger partial charge in [-0.2, -0.15) is 0 Å². The SMILES string of the molecule is CN(Cc1ccccc1)c1ncnc(N2CCC(C(=O)O)CC2)c1[N+](=O)[O-]. The number of benzene rings is 1. The van der Waals surface area contributed by atoms with Crippen molar-refractivity contribution in [1.29, 1.82) is 0 Å². The van der Waals surface area contributed by atoms with E-state index in [1.54, 1.807) is 16.8 Å². The molecule has 9 nitrogen and oxygen atoms in total. The zero-order valence-corrected chi connectivity index (χ0v) is 15.0. The van der Waals surface area contributed by atoms with Crippen molar-refractivity contribution in [3.63, 3.8) is 0 Å². The Bertz CT molecular complexity index is 822. The standard InChI is InChI=1S/C18H21N5O4/c1-21(11-13-5-3-2-4-6-13)16-15(23(26)27)17(20-12-19-16)22-9-7-14(8-10-22)18(24)25/h2-6,12,14H,7-11H2,1H3,(H,24,25). The predicted molar refractivity (Wildman–Crippen MR) is 99.8 cm³/mol. The number of rotatable bonds is 6. The van der Waals surface area contributed by atoms with Crippen LogP contribution in [0.25, 0.3) is 0 Å². The quantitative estimate of drug-likeness (QED) is 0.608. The maximum absolute atomic E-state index is 11.8. The summed E-state index contributed by atoms with van der Waals surface area (Å²) in [6.45, 7) is 1.30. The van der Waals surface area contributed by atoms with Gasteiger partial charge in [0.1, 0.15) is 6.33 Å². The summed E-state index contributed by atoms with van der Waals surface area (Å²) in [7, 11) is 1.75. The van der Waals surface area contributed by atoms with Gasteiger partial charge in [-0.25, -0.2) is 9.97 Å². The topological polar surface area (TPSA) is 113 Å². The molecule has 3 rings (SSSR count). The number of carboxylic acid groups (broad SMARTS) is 1. The molecule has 0 radical (unpaired) electrons. The molecule has 1 fully saturated rings. The lowest BCUT2D eigenvalue weighted by atomic mass is 9.97. The van der Waals surface area contributed by atoms with E-state index in [0.717, 1.165) is 5.56 Å². The van der Waals surface area contributed by atoms with Gasteiger partial charge in [-0.15, -0.1) is 0 Å². The van der Waals surface area contributed by atoms with E-state index in [4.69, 9.17) is 5.11 Å². The molecule has 0 aliphatic carbocycles. The van der Waals surface area contributed by atoms with Gasteiger partial charge in [-0.05, 0) is 18.4 Å². The minimum absolute atomic E-state index is 0.148. The fourth-order valence-electron chi connectivity index (χ4n) is 3.30. The van der Waals surface area contributed by atoms with Crippen molar-refractivity contribution in [1.82, 2.24) is 9.97 Å². The molecule has 1 aromatic carbocycles. The molecule has 2 heterocycles. The Hall–Kier alpha value is -3.23. The Balaban J connectivity index is 1.87. The third-order valence-corrected chi connectivity index (χ3v) is 4.73. The van der Waals surface area contributed by atoms with Gasteiger partial charge in [-0.3, -0.25) is 14.9 Å². The van der Waals surface area contributed by atoms with Gasteiger partial charge in [0.15, 0.2) is 0 Å². The highest BCUT2D eigenvalue weighted by Crippen LogP contribution is 2.36. The first-order chi connectivity index (χ1) is 13.0. The average molecular weight is 371 g/mol. The molecule has 1 aromatic heterocycles. The van der Waals surface area contributed by atoms with Crippen molar-refractivity contribution < 1.29 is 14.8 Å². The highest BCUT2D eigenvalue weighted by molar-refractivity contribution is 5.73. The lowest BCUT2D eigenvalue weighted by Crippen LogP contribution is -2.37. The van der Waals surface area contributed by atoms with E-state index in [1.807, 2.05) is 30.3 Å². The largest absolute Gasteiger partial charge is 0.481 e. The first kappa shape index (κ1) is 18.6. The predicted octanol–water partition coefficient (Wildman–Crippen LogP) is 2.32. The van der Waals surface area contributed by atoms with Crippen LogP contribution in [-0.2, 0) is 11.3 Å². The molecule has 0 atom stereocenters. The zero-order valence-electron chi connectivity index (χ0n) is 15.0. The summed E-state index contributed by atoms with van der Waals surface area (Å²) in [4.78, 5) is 34.3. The Morgan fingerprint density at radius 1 is 1.30 bits per heavy atom. The van der Waals surface area contributed by atoms with Gasteiger partial charge in [-0.1, -0.05) is 30.3 Å². The first-order valence-electron chi connectivity index (χ1n) is 8.69. The summed E-state index contributed by atoms with van der Waals surface area (Å²) in [5, 5.41) is 20.9. The van der Waals surface area contributed by atoms with Crippen LogP contribution in [0.2, 0.25) is 0 Å². The van der Waals surface area contributed by atoms with E-state index in [2.05, 4.69) is 9.97 Å². The molecule has 0 unspecified atom stereocenters. The molecule has 9 heteroatoms. The number of aromatic nitrogens is 2. The van der Waals surface area contributed by atoms with Crippen LogP contribution >= 0.6 is 0 Å². The van der Waals surface area contributed by atoms with E-state index < -0.39 is 16.8 Å². The van der Waals surface area contributed by atoms with Crippen LogP contribution in [0, 0.1) is 16.0 Å². The molecule has 27 heavy (non-hydrogen) atoms. The van der Waals surface area contributed by atoms with E-state index >= 15 is 0 Å². The molecule has 1 N–H and O–H groups in total. The van der Waals surface area contributed by atoms with E-state index in [1.165, 1.54) is 6.33 Å². The maximum atomic E-state index is 11.8. The number of aliphatic carboxylic acids is 1. The van der Waals surface area contributed by atoms with Crippen molar-refractivity contribution in [2.75, 3.05) is 29.9 Å². The average Bonchev–Trinajstić information content (AvgIpc) is 2.68. The van der Waals surface area contributed by atoms with Gasteiger partial charge in [0.05, 0.1) is 10.8 Å². The molecule has 0 spiro atoms. The van der Waals surface area contributed by atoms with Crippen LogP contribution in [0.15, 0.2) is 36.7 Å². The third kappa shape index (κ3) is 4.13. The van der Waals surface area contributed by atoms with Crippen LogP contribution in [0.3, 0.4) is 0 Å². The smallest absolute Gasteiger partial charge is 0.353 e. The number of nitro groups is 1. The summed E-state index contributed by atoms with van der Waals surface area (Å²) in [6, 6.07) is 9.63. The van der Waals surface area contributed by atoms with Gasteiger partial charge < -0.3 is 14.9 Å². The second-order valence-electron chi connectivity index (χ2n) is 6.57. The van der Waals surface area contributed by atoms with Crippen LogP contribution < -0.4 is 9.80 Å².